The van der Waals surface area contributed by atoms with E-state index in [4.69, 9.17) is 5.73 Å². The molecule has 0 fully saturated rings. The molecule has 0 aliphatic heterocycles. The number of aryl methyl sites for hydroxylation is 1. The number of rotatable bonds is 6. The molecule has 1 aromatic carbocycles. The van der Waals surface area contributed by atoms with Gasteiger partial charge >= 0.3 is 0 Å². The molecule has 0 saturated carbocycles. The van der Waals surface area contributed by atoms with Crippen molar-refractivity contribution in [3.05, 3.63) is 51.5 Å². The summed E-state index contributed by atoms with van der Waals surface area (Å²) in [4.78, 5) is 16.6. The second-order valence-electron chi connectivity index (χ2n) is 4.24. The van der Waals surface area contributed by atoms with Crippen molar-refractivity contribution in [3.63, 3.8) is 0 Å². The number of nitrogens with one attached hydrogen (secondary N) is 1. The Labute approximate surface area is 116 Å². The molecule has 0 saturated heterocycles. The van der Waals surface area contributed by atoms with E-state index in [9.17, 15) is 4.79 Å². The van der Waals surface area contributed by atoms with E-state index in [-0.39, 0.29) is 0 Å². The molecule has 0 spiro atoms. The topological polar surface area (TPSA) is 68.0 Å². The summed E-state index contributed by atoms with van der Waals surface area (Å²) >= 11 is 1.74. The zero-order chi connectivity index (χ0) is 13.7. The van der Waals surface area contributed by atoms with E-state index in [2.05, 4.69) is 17.2 Å². The lowest BCUT2D eigenvalue weighted by Gasteiger charge is -2.03. The summed E-state index contributed by atoms with van der Waals surface area (Å²) < 4.78 is 0. The lowest BCUT2D eigenvalue weighted by Crippen LogP contribution is -2.13. The van der Waals surface area contributed by atoms with Gasteiger partial charge in [0.25, 0.3) is 0 Å². The second-order valence-corrected chi connectivity index (χ2v) is 5.44. The summed E-state index contributed by atoms with van der Waals surface area (Å²) in [5.74, 6) is -0.394. The highest BCUT2D eigenvalue weighted by atomic mass is 32.1. The number of amides is 1. The van der Waals surface area contributed by atoms with Crippen LogP contribution in [0.15, 0.2) is 30.5 Å². The van der Waals surface area contributed by atoms with Crippen LogP contribution in [-0.2, 0) is 19.5 Å². The quantitative estimate of drug-likeness (QED) is 0.848. The molecule has 0 aliphatic carbocycles. The van der Waals surface area contributed by atoms with Crippen molar-refractivity contribution in [1.29, 1.82) is 0 Å². The monoisotopic (exact) mass is 275 g/mol. The van der Waals surface area contributed by atoms with Crippen molar-refractivity contribution >= 4 is 17.2 Å². The normalized spacial score (nSPS) is 10.6. The predicted molar refractivity (Wildman–Crippen MR) is 77.0 cm³/mol. The van der Waals surface area contributed by atoms with E-state index in [0.717, 1.165) is 30.1 Å². The molecule has 1 aromatic heterocycles. The Morgan fingerprint density at radius 1 is 1.32 bits per heavy atom. The van der Waals surface area contributed by atoms with Gasteiger partial charge in [-0.1, -0.05) is 19.1 Å². The molecule has 4 nitrogen and oxygen atoms in total. The standard InChI is InChI=1S/C14H17N3OS/c1-2-12-8-17-13(19-12)9-16-7-10-3-5-11(6-4-10)14(15)18/h3-6,8,16H,2,7,9H2,1H3,(H2,15,18). The molecule has 0 atom stereocenters. The zero-order valence-corrected chi connectivity index (χ0v) is 11.7. The molecule has 3 N–H and O–H groups in total. The molecule has 1 heterocycles. The first-order valence-corrected chi connectivity index (χ1v) is 7.03. The molecule has 0 unspecified atom stereocenters. The first-order chi connectivity index (χ1) is 9.19. The highest BCUT2D eigenvalue weighted by Crippen LogP contribution is 2.13. The van der Waals surface area contributed by atoms with Crippen molar-refractivity contribution in [3.8, 4) is 0 Å². The first-order valence-electron chi connectivity index (χ1n) is 6.22. The van der Waals surface area contributed by atoms with Crippen LogP contribution in [0.2, 0.25) is 0 Å². The SMILES string of the molecule is CCc1cnc(CNCc2ccc(C(N)=O)cc2)s1. The smallest absolute Gasteiger partial charge is 0.248 e. The lowest BCUT2D eigenvalue weighted by molar-refractivity contribution is 0.100. The van der Waals surface area contributed by atoms with Gasteiger partial charge in [-0.3, -0.25) is 4.79 Å². The number of thiazole rings is 1. The van der Waals surface area contributed by atoms with Gasteiger partial charge in [0, 0.05) is 29.7 Å². The van der Waals surface area contributed by atoms with Crippen molar-refractivity contribution in [2.45, 2.75) is 26.4 Å². The summed E-state index contributed by atoms with van der Waals surface area (Å²) in [5, 5.41) is 4.44. The van der Waals surface area contributed by atoms with Crippen molar-refractivity contribution in [2.24, 2.45) is 5.73 Å². The van der Waals surface area contributed by atoms with Crippen molar-refractivity contribution in [2.75, 3.05) is 0 Å². The number of primary amides is 1. The number of hydrogen-bond acceptors (Lipinski definition) is 4. The maximum atomic E-state index is 10.9. The largest absolute Gasteiger partial charge is 0.366 e. The molecule has 19 heavy (non-hydrogen) atoms. The zero-order valence-electron chi connectivity index (χ0n) is 10.8. The number of nitrogens with zero attached hydrogens (tertiary/aromatic N) is 1. The van der Waals surface area contributed by atoms with E-state index >= 15 is 0 Å². The van der Waals surface area contributed by atoms with E-state index < -0.39 is 5.91 Å². The molecular formula is C14H17N3OS. The van der Waals surface area contributed by atoms with Crippen LogP contribution in [0.25, 0.3) is 0 Å². The Balaban J connectivity index is 1.83. The van der Waals surface area contributed by atoms with Gasteiger partial charge in [-0.05, 0) is 24.1 Å². The minimum absolute atomic E-state index is 0.394. The van der Waals surface area contributed by atoms with E-state index in [1.54, 1.807) is 23.5 Å². The van der Waals surface area contributed by atoms with E-state index in [0.29, 0.717) is 5.56 Å². The molecule has 0 bridgehead atoms. The molecule has 100 valence electrons. The van der Waals surface area contributed by atoms with Gasteiger partial charge < -0.3 is 11.1 Å². The highest BCUT2D eigenvalue weighted by Gasteiger charge is 2.01. The van der Waals surface area contributed by atoms with Crippen LogP contribution in [0.4, 0.5) is 0 Å². The fourth-order valence-electron chi connectivity index (χ4n) is 1.69. The number of hydrogen-bond donors (Lipinski definition) is 2. The van der Waals surface area contributed by atoms with Gasteiger partial charge in [0.15, 0.2) is 0 Å². The summed E-state index contributed by atoms with van der Waals surface area (Å²) in [6, 6.07) is 7.31. The Kier molecular flexibility index (Phi) is 4.65. The number of carbonyl (C=O) groups excluding carboxylic acids is 1. The third kappa shape index (κ3) is 3.87. The summed E-state index contributed by atoms with van der Waals surface area (Å²) in [6.45, 7) is 3.65. The second kappa shape index (κ2) is 6.45. The number of benzene rings is 1. The number of carbonyl (C=O) groups is 1. The summed E-state index contributed by atoms with van der Waals surface area (Å²) in [7, 11) is 0. The number of nitrogens with two attached hydrogens (primary N) is 1. The molecule has 0 aliphatic rings. The van der Waals surface area contributed by atoms with Gasteiger partial charge in [0.1, 0.15) is 5.01 Å². The molecule has 2 rings (SSSR count). The van der Waals surface area contributed by atoms with Crippen LogP contribution in [0.5, 0.6) is 0 Å². The van der Waals surface area contributed by atoms with Gasteiger partial charge in [-0.25, -0.2) is 4.98 Å². The van der Waals surface area contributed by atoms with E-state index in [1.807, 2.05) is 18.3 Å². The number of aromatic nitrogens is 1. The van der Waals surface area contributed by atoms with E-state index in [1.165, 1.54) is 4.88 Å². The maximum absolute atomic E-state index is 10.9. The van der Waals surface area contributed by atoms with Gasteiger partial charge in [-0.2, -0.15) is 0 Å². The molecule has 2 aromatic rings. The average molecular weight is 275 g/mol. The fourth-order valence-corrected chi connectivity index (χ4v) is 2.53. The van der Waals surface area contributed by atoms with Crippen molar-refractivity contribution in [1.82, 2.24) is 10.3 Å². The van der Waals surface area contributed by atoms with Crippen LogP contribution < -0.4 is 11.1 Å². The molecule has 1 amide bonds. The fraction of sp³-hybridized carbons (Fsp3) is 0.286. The third-order valence-corrected chi connectivity index (χ3v) is 3.94. The first kappa shape index (κ1) is 13.7. The predicted octanol–water partition coefficient (Wildman–Crippen LogP) is 2.09. The van der Waals surface area contributed by atoms with Crippen LogP contribution in [0.1, 0.15) is 32.7 Å². The maximum Gasteiger partial charge on any atom is 0.248 e. The Hall–Kier alpha value is -1.72. The van der Waals surface area contributed by atoms with Gasteiger partial charge in [-0.15, -0.1) is 11.3 Å². The van der Waals surface area contributed by atoms with Crippen LogP contribution in [0.3, 0.4) is 0 Å². The van der Waals surface area contributed by atoms with Crippen LogP contribution >= 0.6 is 11.3 Å². The average Bonchev–Trinajstić information content (AvgIpc) is 2.87. The van der Waals surface area contributed by atoms with Gasteiger partial charge in [0.2, 0.25) is 5.91 Å². The Bertz CT molecular complexity index is 548. The molecule has 5 heteroatoms. The molecule has 0 radical (unpaired) electrons. The van der Waals surface area contributed by atoms with Crippen LogP contribution in [0, 0.1) is 0 Å². The third-order valence-electron chi connectivity index (χ3n) is 2.79. The molecular weight excluding hydrogens is 258 g/mol. The Morgan fingerprint density at radius 3 is 2.63 bits per heavy atom. The Morgan fingerprint density at radius 2 is 2.05 bits per heavy atom. The van der Waals surface area contributed by atoms with Crippen molar-refractivity contribution < 1.29 is 4.79 Å². The van der Waals surface area contributed by atoms with Gasteiger partial charge in [0.05, 0.1) is 0 Å². The minimum atomic E-state index is -0.394. The minimum Gasteiger partial charge on any atom is -0.366 e. The summed E-state index contributed by atoms with van der Waals surface area (Å²) in [6.07, 6.45) is 2.97. The summed E-state index contributed by atoms with van der Waals surface area (Å²) in [5.41, 5.74) is 6.85. The lowest BCUT2D eigenvalue weighted by atomic mass is 10.1. The van der Waals surface area contributed by atoms with Crippen LogP contribution in [-0.4, -0.2) is 10.9 Å². The highest BCUT2D eigenvalue weighted by molar-refractivity contribution is 7.11.